The van der Waals surface area contributed by atoms with E-state index in [1.807, 2.05) is 0 Å². The molecule has 1 fully saturated rings. The minimum Gasteiger partial charge on any atom is -0.453 e. The number of carbonyl (C=O) groups excluding carboxylic acids is 2. The molecule has 23 heavy (non-hydrogen) atoms. The highest BCUT2D eigenvalue weighted by atomic mass is 32.2. The Bertz CT molecular complexity index is 654. The van der Waals surface area contributed by atoms with Crippen LogP contribution in [0.4, 0.5) is 4.79 Å². The molecule has 1 N–H and O–H groups in total. The third-order valence-electron chi connectivity index (χ3n) is 3.51. The van der Waals surface area contributed by atoms with Crippen molar-refractivity contribution in [1.29, 1.82) is 0 Å². The molecule has 0 saturated carbocycles. The molecule has 1 saturated heterocycles. The van der Waals surface area contributed by atoms with E-state index in [1.165, 1.54) is 11.4 Å². The zero-order chi connectivity index (χ0) is 16.9. The summed E-state index contributed by atoms with van der Waals surface area (Å²) in [6.07, 6.45) is -0.805. The maximum absolute atomic E-state index is 12.5. The van der Waals surface area contributed by atoms with Crippen LogP contribution in [-0.2, 0) is 19.6 Å². The largest absolute Gasteiger partial charge is 0.453 e. The summed E-state index contributed by atoms with van der Waals surface area (Å²) >= 11 is 0. The van der Waals surface area contributed by atoms with Gasteiger partial charge in [-0.1, -0.05) is 18.2 Å². The van der Waals surface area contributed by atoms with Gasteiger partial charge in [0.15, 0.2) is 0 Å². The fraction of sp³-hybridized carbons (Fsp3) is 0.429. The summed E-state index contributed by atoms with van der Waals surface area (Å²) in [6.45, 7) is 1.45. The van der Waals surface area contributed by atoms with Crippen LogP contribution in [0.15, 0.2) is 35.2 Å². The molecule has 2 rings (SSSR count). The molecule has 9 heteroatoms. The van der Waals surface area contributed by atoms with E-state index in [-0.39, 0.29) is 11.4 Å². The number of methoxy groups -OCH3 is 1. The van der Waals surface area contributed by atoms with Gasteiger partial charge in [-0.2, -0.15) is 4.31 Å². The molecule has 1 aromatic rings. The predicted octanol–water partition coefficient (Wildman–Crippen LogP) is -0.124. The number of sulfonamides is 1. The van der Waals surface area contributed by atoms with Gasteiger partial charge in [-0.15, -0.1) is 0 Å². The Balaban J connectivity index is 1.89. The van der Waals surface area contributed by atoms with Crippen LogP contribution < -0.4 is 5.32 Å². The normalized spacial score (nSPS) is 16.7. The van der Waals surface area contributed by atoms with Crippen LogP contribution in [0.5, 0.6) is 0 Å². The second-order valence-corrected chi connectivity index (χ2v) is 6.97. The molecule has 0 radical (unpaired) electrons. The quantitative estimate of drug-likeness (QED) is 0.820. The number of benzene rings is 1. The fourth-order valence-electron chi connectivity index (χ4n) is 2.28. The van der Waals surface area contributed by atoms with Gasteiger partial charge in [0.2, 0.25) is 15.9 Å². The number of imide groups is 1. The SMILES string of the molecule is COC(=O)NC(=O)CN1CCN(S(=O)(=O)c2ccccc2)CC1. The van der Waals surface area contributed by atoms with Gasteiger partial charge in [-0.25, -0.2) is 13.2 Å². The second-order valence-electron chi connectivity index (χ2n) is 5.03. The fourth-order valence-corrected chi connectivity index (χ4v) is 3.72. The molecular formula is C14H19N3O5S. The Labute approximate surface area is 135 Å². The minimum atomic E-state index is -3.50. The smallest absolute Gasteiger partial charge is 0.413 e. The van der Waals surface area contributed by atoms with Gasteiger partial charge in [0.25, 0.3) is 0 Å². The summed E-state index contributed by atoms with van der Waals surface area (Å²) < 4.78 is 30.7. The van der Waals surface area contributed by atoms with Gasteiger partial charge >= 0.3 is 6.09 Å². The van der Waals surface area contributed by atoms with Crippen molar-refractivity contribution in [2.24, 2.45) is 0 Å². The Morgan fingerprint density at radius 2 is 1.74 bits per heavy atom. The lowest BCUT2D eigenvalue weighted by Gasteiger charge is -2.33. The molecule has 1 aromatic carbocycles. The van der Waals surface area contributed by atoms with Crippen molar-refractivity contribution in [2.45, 2.75) is 4.90 Å². The molecular weight excluding hydrogens is 322 g/mol. The van der Waals surface area contributed by atoms with Crippen molar-refractivity contribution in [3.8, 4) is 0 Å². The molecule has 0 atom stereocenters. The average Bonchev–Trinajstić information content (AvgIpc) is 2.56. The first-order valence-corrected chi connectivity index (χ1v) is 8.53. The van der Waals surface area contributed by atoms with E-state index in [0.717, 1.165) is 0 Å². The van der Waals surface area contributed by atoms with E-state index in [4.69, 9.17) is 0 Å². The van der Waals surface area contributed by atoms with E-state index < -0.39 is 22.0 Å². The Kier molecular flexibility index (Phi) is 5.69. The third-order valence-corrected chi connectivity index (χ3v) is 5.42. The van der Waals surface area contributed by atoms with Gasteiger partial charge in [-0.05, 0) is 12.1 Å². The highest BCUT2D eigenvalue weighted by Gasteiger charge is 2.29. The molecule has 1 heterocycles. The molecule has 2 amide bonds. The summed E-state index contributed by atoms with van der Waals surface area (Å²) in [5.41, 5.74) is 0. The first-order chi connectivity index (χ1) is 10.9. The number of nitrogens with zero attached hydrogens (tertiary/aromatic N) is 2. The van der Waals surface area contributed by atoms with Crippen LogP contribution in [0.3, 0.4) is 0 Å². The monoisotopic (exact) mass is 341 g/mol. The van der Waals surface area contributed by atoms with Crippen molar-refractivity contribution in [2.75, 3.05) is 39.8 Å². The minimum absolute atomic E-state index is 0.0221. The number of hydrogen-bond donors (Lipinski definition) is 1. The summed E-state index contributed by atoms with van der Waals surface area (Å²) in [6, 6.07) is 8.24. The number of piperazine rings is 1. The standard InChI is InChI=1S/C14H19N3O5S/c1-22-14(19)15-13(18)11-16-7-9-17(10-8-16)23(20,21)12-5-3-2-4-6-12/h2-6H,7-11H2,1H3,(H,15,18,19). The van der Waals surface area contributed by atoms with E-state index in [1.54, 1.807) is 35.2 Å². The molecule has 8 nitrogen and oxygen atoms in total. The first-order valence-electron chi connectivity index (χ1n) is 7.09. The third kappa shape index (κ3) is 4.50. The topological polar surface area (TPSA) is 96.0 Å². The van der Waals surface area contributed by atoms with Crippen molar-refractivity contribution in [1.82, 2.24) is 14.5 Å². The maximum atomic E-state index is 12.5. The van der Waals surface area contributed by atoms with E-state index in [0.29, 0.717) is 26.2 Å². The predicted molar refractivity (Wildman–Crippen MR) is 82.2 cm³/mol. The van der Waals surface area contributed by atoms with Gasteiger partial charge < -0.3 is 4.74 Å². The molecule has 0 bridgehead atoms. The average molecular weight is 341 g/mol. The lowest BCUT2D eigenvalue weighted by molar-refractivity contribution is -0.121. The van der Waals surface area contributed by atoms with Gasteiger partial charge in [0.05, 0.1) is 18.6 Å². The zero-order valence-electron chi connectivity index (χ0n) is 12.8. The highest BCUT2D eigenvalue weighted by Crippen LogP contribution is 2.16. The number of rotatable bonds is 4. The van der Waals surface area contributed by atoms with E-state index in [2.05, 4.69) is 10.1 Å². The molecule has 0 spiro atoms. The van der Waals surface area contributed by atoms with Gasteiger partial charge in [0, 0.05) is 26.2 Å². The van der Waals surface area contributed by atoms with Crippen molar-refractivity contribution in [3.05, 3.63) is 30.3 Å². The second kappa shape index (κ2) is 7.53. The summed E-state index contributed by atoms with van der Waals surface area (Å²) in [5.74, 6) is -0.476. The number of hydrogen-bond acceptors (Lipinski definition) is 6. The summed E-state index contributed by atoms with van der Waals surface area (Å²) in [5, 5.41) is 2.07. The Morgan fingerprint density at radius 1 is 1.13 bits per heavy atom. The van der Waals surface area contributed by atoms with Gasteiger partial charge in [0.1, 0.15) is 0 Å². The number of alkyl carbamates (subject to hydrolysis) is 1. The van der Waals surface area contributed by atoms with Crippen LogP contribution >= 0.6 is 0 Å². The molecule has 126 valence electrons. The number of ether oxygens (including phenoxy) is 1. The summed E-state index contributed by atoms with van der Waals surface area (Å²) in [7, 11) is -2.33. The molecule has 1 aliphatic rings. The number of nitrogens with one attached hydrogen (secondary N) is 1. The van der Waals surface area contributed by atoms with Crippen LogP contribution in [-0.4, -0.2) is 69.5 Å². The van der Waals surface area contributed by atoms with Crippen LogP contribution in [0, 0.1) is 0 Å². The molecule has 0 aliphatic carbocycles. The molecule has 0 aromatic heterocycles. The lowest BCUT2D eigenvalue weighted by atomic mass is 10.3. The lowest BCUT2D eigenvalue weighted by Crippen LogP contribution is -2.51. The summed E-state index contributed by atoms with van der Waals surface area (Å²) in [4.78, 5) is 24.6. The van der Waals surface area contributed by atoms with Gasteiger partial charge in [-0.3, -0.25) is 15.0 Å². The van der Waals surface area contributed by atoms with Crippen molar-refractivity contribution < 1.29 is 22.7 Å². The maximum Gasteiger partial charge on any atom is 0.413 e. The van der Waals surface area contributed by atoms with Crippen LogP contribution in [0.2, 0.25) is 0 Å². The van der Waals surface area contributed by atoms with Crippen molar-refractivity contribution >= 4 is 22.0 Å². The molecule has 0 unspecified atom stereocenters. The first kappa shape index (κ1) is 17.4. The van der Waals surface area contributed by atoms with E-state index in [9.17, 15) is 18.0 Å². The van der Waals surface area contributed by atoms with Crippen molar-refractivity contribution in [3.63, 3.8) is 0 Å². The Morgan fingerprint density at radius 3 is 2.30 bits per heavy atom. The highest BCUT2D eigenvalue weighted by molar-refractivity contribution is 7.89. The van der Waals surface area contributed by atoms with Crippen LogP contribution in [0.1, 0.15) is 0 Å². The zero-order valence-corrected chi connectivity index (χ0v) is 13.6. The molecule has 1 aliphatic heterocycles. The Hall–Kier alpha value is -1.97. The van der Waals surface area contributed by atoms with Crippen LogP contribution in [0.25, 0.3) is 0 Å². The van der Waals surface area contributed by atoms with E-state index >= 15 is 0 Å². The number of carbonyl (C=O) groups is 2. The number of amides is 2.